The van der Waals surface area contributed by atoms with Crippen LogP contribution in [0.1, 0.15) is 6.92 Å². The minimum Gasteiger partial charge on any atom is -0.326 e. The van der Waals surface area contributed by atoms with Gasteiger partial charge in [0.25, 0.3) is 6.54 Å². The summed E-state index contributed by atoms with van der Waals surface area (Å²) in [4.78, 5) is 24.8. The summed E-state index contributed by atoms with van der Waals surface area (Å²) in [6, 6.07) is 6.67. The number of carbonyl (C=O) groups excluding carboxylic acids is 2. The van der Waals surface area contributed by atoms with Crippen molar-refractivity contribution in [2.75, 3.05) is 17.2 Å². The molecule has 0 saturated carbocycles. The number of carbonyl (C=O) groups is 2. The molecule has 0 aliphatic carbocycles. The van der Waals surface area contributed by atoms with Crippen LogP contribution in [0.25, 0.3) is 4.85 Å². The van der Waals surface area contributed by atoms with Gasteiger partial charge in [-0.1, -0.05) is 0 Å². The first kappa shape index (κ1) is 11.7. The van der Waals surface area contributed by atoms with E-state index in [1.165, 1.54) is 6.92 Å². The normalized spacial score (nSPS) is 9.00. The number of anilines is 2. The molecular weight excluding hydrogens is 206 g/mol. The molecule has 0 saturated heterocycles. The van der Waals surface area contributed by atoms with Gasteiger partial charge in [0.15, 0.2) is 0 Å². The van der Waals surface area contributed by atoms with Crippen molar-refractivity contribution in [3.63, 3.8) is 0 Å². The first-order valence-corrected chi connectivity index (χ1v) is 4.62. The minimum atomic E-state index is -0.345. The van der Waals surface area contributed by atoms with Crippen LogP contribution in [0.15, 0.2) is 24.3 Å². The van der Waals surface area contributed by atoms with Crippen LogP contribution in [0.4, 0.5) is 11.4 Å². The van der Waals surface area contributed by atoms with Crippen LogP contribution in [-0.4, -0.2) is 18.4 Å². The molecule has 0 heterocycles. The number of nitrogens with one attached hydrogen (secondary N) is 2. The van der Waals surface area contributed by atoms with Gasteiger partial charge in [-0.25, -0.2) is 6.57 Å². The van der Waals surface area contributed by atoms with Crippen LogP contribution >= 0.6 is 0 Å². The monoisotopic (exact) mass is 217 g/mol. The Morgan fingerprint density at radius 1 is 1.19 bits per heavy atom. The fourth-order valence-electron chi connectivity index (χ4n) is 1.11. The summed E-state index contributed by atoms with van der Waals surface area (Å²) in [5.41, 5.74) is 1.26. The zero-order valence-corrected chi connectivity index (χ0v) is 8.78. The van der Waals surface area contributed by atoms with E-state index in [0.29, 0.717) is 11.4 Å². The molecular formula is C11H11N3O2. The summed E-state index contributed by atoms with van der Waals surface area (Å²) in [6.45, 7) is 7.76. The second kappa shape index (κ2) is 5.51. The van der Waals surface area contributed by atoms with Crippen LogP contribution in [0, 0.1) is 6.57 Å². The SMILES string of the molecule is [C-]#[N+]CC(=O)Nc1ccc(NC(C)=O)cc1. The molecule has 2 amide bonds. The fraction of sp³-hybridized carbons (Fsp3) is 0.182. The third-order valence-corrected chi connectivity index (χ3v) is 1.71. The molecule has 5 nitrogen and oxygen atoms in total. The Balaban J connectivity index is 2.61. The van der Waals surface area contributed by atoms with Crippen LogP contribution in [0.3, 0.4) is 0 Å². The average molecular weight is 217 g/mol. The van der Waals surface area contributed by atoms with Crippen molar-refractivity contribution in [2.45, 2.75) is 6.92 Å². The average Bonchev–Trinajstić information content (AvgIpc) is 2.20. The Morgan fingerprint density at radius 2 is 1.69 bits per heavy atom. The standard InChI is InChI=1S/C11H11N3O2/c1-8(15)13-9-3-5-10(6-4-9)14-11(16)7-12-2/h3-6H,7H2,1H3,(H,13,15)(H,14,16). The second-order valence-electron chi connectivity index (χ2n) is 3.12. The number of rotatable bonds is 3. The molecule has 0 aliphatic rings. The molecule has 0 bridgehead atoms. The Morgan fingerprint density at radius 3 is 2.12 bits per heavy atom. The minimum absolute atomic E-state index is 0.148. The maximum absolute atomic E-state index is 11.1. The number of hydrogen-bond acceptors (Lipinski definition) is 2. The highest BCUT2D eigenvalue weighted by molar-refractivity contribution is 5.94. The van der Waals surface area contributed by atoms with Gasteiger partial charge in [0.05, 0.1) is 0 Å². The summed E-state index contributed by atoms with van der Waals surface area (Å²) >= 11 is 0. The quantitative estimate of drug-likeness (QED) is 0.754. The van der Waals surface area contributed by atoms with Crippen LogP contribution in [-0.2, 0) is 9.59 Å². The van der Waals surface area contributed by atoms with E-state index in [-0.39, 0.29) is 18.4 Å². The van der Waals surface area contributed by atoms with Crippen molar-refractivity contribution in [1.29, 1.82) is 0 Å². The Hall–Kier alpha value is -2.35. The number of hydrogen-bond donors (Lipinski definition) is 2. The van der Waals surface area contributed by atoms with Crippen molar-refractivity contribution in [2.24, 2.45) is 0 Å². The van der Waals surface area contributed by atoms with E-state index in [1.54, 1.807) is 24.3 Å². The number of amides is 2. The van der Waals surface area contributed by atoms with E-state index in [4.69, 9.17) is 6.57 Å². The topological polar surface area (TPSA) is 62.6 Å². The van der Waals surface area contributed by atoms with Gasteiger partial charge in [-0.2, -0.15) is 0 Å². The summed E-state index contributed by atoms with van der Waals surface area (Å²) in [6.07, 6.45) is 0. The van der Waals surface area contributed by atoms with E-state index in [2.05, 4.69) is 15.5 Å². The molecule has 0 fully saturated rings. The lowest BCUT2D eigenvalue weighted by atomic mass is 10.2. The third kappa shape index (κ3) is 3.80. The van der Waals surface area contributed by atoms with Crippen molar-refractivity contribution in [3.8, 4) is 0 Å². The van der Waals surface area contributed by atoms with Crippen molar-refractivity contribution >= 4 is 23.2 Å². The van der Waals surface area contributed by atoms with Gasteiger partial charge in [-0.15, -0.1) is 0 Å². The van der Waals surface area contributed by atoms with Gasteiger partial charge in [0.2, 0.25) is 5.91 Å². The van der Waals surface area contributed by atoms with Gasteiger partial charge in [0.1, 0.15) is 0 Å². The molecule has 16 heavy (non-hydrogen) atoms. The first-order chi connectivity index (χ1) is 7.61. The maximum atomic E-state index is 11.1. The molecule has 1 aromatic carbocycles. The lowest BCUT2D eigenvalue weighted by molar-refractivity contribution is -0.115. The second-order valence-corrected chi connectivity index (χ2v) is 3.12. The van der Waals surface area contributed by atoms with E-state index in [0.717, 1.165) is 0 Å². The molecule has 2 N–H and O–H groups in total. The zero-order valence-electron chi connectivity index (χ0n) is 8.78. The molecule has 0 spiro atoms. The number of benzene rings is 1. The molecule has 0 aromatic heterocycles. The molecule has 0 radical (unpaired) electrons. The lowest BCUT2D eigenvalue weighted by Crippen LogP contribution is -2.13. The predicted octanol–water partition coefficient (Wildman–Crippen LogP) is 1.50. The van der Waals surface area contributed by atoms with Gasteiger partial charge >= 0.3 is 5.91 Å². The van der Waals surface area contributed by atoms with Gasteiger partial charge < -0.3 is 15.5 Å². The summed E-state index contributed by atoms with van der Waals surface area (Å²) in [5, 5.41) is 5.17. The van der Waals surface area contributed by atoms with E-state index in [1.807, 2.05) is 0 Å². The van der Waals surface area contributed by atoms with Crippen LogP contribution in [0.2, 0.25) is 0 Å². The van der Waals surface area contributed by atoms with Crippen molar-refractivity contribution in [1.82, 2.24) is 0 Å². The summed E-state index contributed by atoms with van der Waals surface area (Å²) < 4.78 is 0. The molecule has 0 atom stereocenters. The lowest BCUT2D eigenvalue weighted by Gasteiger charge is -2.04. The predicted molar refractivity (Wildman–Crippen MR) is 60.8 cm³/mol. The van der Waals surface area contributed by atoms with Gasteiger partial charge in [-0.05, 0) is 24.3 Å². The fourth-order valence-corrected chi connectivity index (χ4v) is 1.11. The summed E-state index contributed by atoms with van der Waals surface area (Å²) in [5.74, 6) is -0.493. The third-order valence-electron chi connectivity index (χ3n) is 1.71. The van der Waals surface area contributed by atoms with Crippen molar-refractivity contribution < 1.29 is 9.59 Å². The van der Waals surface area contributed by atoms with Crippen LogP contribution in [0.5, 0.6) is 0 Å². The maximum Gasteiger partial charge on any atom is 0.304 e. The van der Waals surface area contributed by atoms with Crippen LogP contribution < -0.4 is 10.6 Å². The van der Waals surface area contributed by atoms with Gasteiger partial charge in [0, 0.05) is 18.3 Å². The number of nitrogens with zero attached hydrogens (tertiary/aromatic N) is 1. The smallest absolute Gasteiger partial charge is 0.304 e. The summed E-state index contributed by atoms with van der Waals surface area (Å²) in [7, 11) is 0. The molecule has 1 rings (SSSR count). The Kier molecular flexibility index (Phi) is 4.04. The Bertz CT molecular complexity index is 432. The molecule has 0 aliphatic heterocycles. The van der Waals surface area contributed by atoms with Gasteiger partial charge in [-0.3, -0.25) is 9.59 Å². The highest BCUT2D eigenvalue weighted by Crippen LogP contribution is 2.13. The zero-order chi connectivity index (χ0) is 12.0. The van der Waals surface area contributed by atoms with E-state index < -0.39 is 0 Å². The highest BCUT2D eigenvalue weighted by atomic mass is 16.2. The Labute approximate surface area is 93.3 Å². The molecule has 0 unspecified atom stereocenters. The highest BCUT2D eigenvalue weighted by Gasteiger charge is 2.03. The van der Waals surface area contributed by atoms with E-state index >= 15 is 0 Å². The molecule has 1 aromatic rings. The molecule has 5 heteroatoms. The van der Waals surface area contributed by atoms with E-state index in [9.17, 15) is 9.59 Å². The van der Waals surface area contributed by atoms with Crippen molar-refractivity contribution in [3.05, 3.63) is 35.7 Å². The molecule has 82 valence electrons. The first-order valence-electron chi connectivity index (χ1n) is 4.62. The largest absolute Gasteiger partial charge is 0.326 e.